The first-order chi connectivity index (χ1) is 12.6. The molecule has 0 bridgehead atoms. The number of carbonyl (C=O) groups is 2. The van der Waals surface area contributed by atoms with Crippen LogP contribution in [0.5, 0.6) is 0 Å². The van der Waals surface area contributed by atoms with Crippen molar-refractivity contribution in [2.75, 3.05) is 13.1 Å². The lowest BCUT2D eigenvalue weighted by Gasteiger charge is -2.31. The Balaban J connectivity index is 1.80. The van der Waals surface area contributed by atoms with E-state index in [1.165, 1.54) is 11.1 Å². The molecule has 1 aromatic rings. The van der Waals surface area contributed by atoms with Gasteiger partial charge in [0.05, 0.1) is 0 Å². The Hall–Kier alpha value is -1.84. The Morgan fingerprint density at radius 3 is 2.15 bits per heavy atom. The predicted molar refractivity (Wildman–Crippen MR) is 106 cm³/mol. The summed E-state index contributed by atoms with van der Waals surface area (Å²) in [6, 6.07) is 8.14. The van der Waals surface area contributed by atoms with E-state index in [0.717, 1.165) is 51.6 Å². The highest BCUT2D eigenvalue weighted by atomic mass is 16.2. The molecule has 0 saturated heterocycles. The molecule has 2 rings (SSSR count). The molecule has 0 unspecified atom stereocenters. The van der Waals surface area contributed by atoms with Crippen LogP contribution in [0.25, 0.3) is 0 Å². The van der Waals surface area contributed by atoms with Gasteiger partial charge < -0.3 is 10.2 Å². The fraction of sp³-hybridized carbons (Fsp3) is 0.636. The first-order valence-electron chi connectivity index (χ1n) is 10.2. The molecule has 0 aliphatic heterocycles. The number of carbonyl (C=O) groups excluding carboxylic acids is 2. The molecular weight excluding hydrogens is 324 g/mol. The molecule has 1 fully saturated rings. The summed E-state index contributed by atoms with van der Waals surface area (Å²) in [5, 5.41) is 3.08. The van der Waals surface area contributed by atoms with Crippen LogP contribution < -0.4 is 5.32 Å². The van der Waals surface area contributed by atoms with Crippen LogP contribution in [0.3, 0.4) is 0 Å². The summed E-state index contributed by atoms with van der Waals surface area (Å²) < 4.78 is 0. The Labute approximate surface area is 158 Å². The van der Waals surface area contributed by atoms with Gasteiger partial charge in [0.1, 0.15) is 0 Å². The first kappa shape index (κ1) is 20.5. The minimum absolute atomic E-state index is 0.0499. The third-order valence-corrected chi connectivity index (χ3v) is 5.46. The largest absolute Gasteiger partial charge is 0.352 e. The summed E-state index contributed by atoms with van der Waals surface area (Å²) in [6.45, 7) is 8.59. The van der Waals surface area contributed by atoms with Gasteiger partial charge in [-0.2, -0.15) is 0 Å². The minimum Gasteiger partial charge on any atom is -0.352 e. The van der Waals surface area contributed by atoms with Crippen molar-refractivity contribution in [2.24, 2.45) is 11.8 Å². The van der Waals surface area contributed by atoms with Crippen LogP contribution in [-0.4, -0.2) is 29.8 Å². The van der Waals surface area contributed by atoms with Crippen molar-refractivity contribution in [3.05, 3.63) is 35.4 Å². The zero-order chi connectivity index (χ0) is 18.9. The molecule has 0 radical (unpaired) electrons. The van der Waals surface area contributed by atoms with Gasteiger partial charge in [-0.05, 0) is 56.6 Å². The molecule has 2 amide bonds. The summed E-state index contributed by atoms with van der Waals surface area (Å²) in [7, 11) is 0. The summed E-state index contributed by atoms with van der Waals surface area (Å²) in [4.78, 5) is 27.2. The van der Waals surface area contributed by atoms with Crippen molar-refractivity contribution in [1.29, 1.82) is 0 Å². The third-order valence-electron chi connectivity index (χ3n) is 5.46. The lowest BCUT2D eigenvalue weighted by atomic mass is 9.80. The Morgan fingerprint density at radius 1 is 1.00 bits per heavy atom. The Kier molecular flexibility index (Phi) is 8.14. The van der Waals surface area contributed by atoms with E-state index in [9.17, 15) is 9.59 Å². The van der Waals surface area contributed by atoms with E-state index in [0.29, 0.717) is 12.5 Å². The molecule has 1 aromatic carbocycles. The number of nitrogens with one attached hydrogen (secondary N) is 1. The van der Waals surface area contributed by atoms with Crippen molar-refractivity contribution in [1.82, 2.24) is 10.2 Å². The van der Waals surface area contributed by atoms with E-state index >= 15 is 0 Å². The molecule has 0 aromatic heterocycles. The number of benzene rings is 1. The van der Waals surface area contributed by atoms with Crippen molar-refractivity contribution in [2.45, 2.75) is 65.8 Å². The Bertz CT molecular complexity index is 586. The van der Waals surface area contributed by atoms with Gasteiger partial charge in [0.2, 0.25) is 11.8 Å². The van der Waals surface area contributed by atoms with Gasteiger partial charge >= 0.3 is 0 Å². The molecule has 0 spiro atoms. The molecule has 4 nitrogen and oxygen atoms in total. The fourth-order valence-electron chi connectivity index (χ4n) is 3.87. The van der Waals surface area contributed by atoms with Gasteiger partial charge in [0.15, 0.2) is 0 Å². The maximum atomic E-state index is 12.7. The van der Waals surface area contributed by atoms with E-state index in [1.807, 2.05) is 17.0 Å². The van der Waals surface area contributed by atoms with Crippen LogP contribution in [0.4, 0.5) is 0 Å². The minimum atomic E-state index is 0.0499. The van der Waals surface area contributed by atoms with Crippen molar-refractivity contribution in [3.8, 4) is 0 Å². The lowest BCUT2D eigenvalue weighted by Crippen LogP contribution is -2.40. The molecule has 144 valence electrons. The van der Waals surface area contributed by atoms with Crippen molar-refractivity contribution >= 4 is 11.8 Å². The van der Waals surface area contributed by atoms with Gasteiger partial charge in [-0.1, -0.05) is 38.1 Å². The van der Waals surface area contributed by atoms with E-state index in [4.69, 9.17) is 0 Å². The third kappa shape index (κ3) is 5.58. The monoisotopic (exact) mass is 358 g/mol. The van der Waals surface area contributed by atoms with Gasteiger partial charge in [-0.3, -0.25) is 9.59 Å². The summed E-state index contributed by atoms with van der Waals surface area (Å²) in [6.07, 6.45) is 5.32. The first-order valence-corrected chi connectivity index (χ1v) is 10.2. The summed E-state index contributed by atoms with van der Waals surface area (Å²) in [5.41, 5.74) is 2.37. The molecule has 26 heavy (non-hydrogen) atoms. The lowest BCUT2D eigenvalue weighted by molar-refractivity contribution is -0.138. The number of hydrogen-bond acceptors (Lipinski definition) is 2. The second-order valence-corrected chi connectivity index (χ2v) is 7.52. The highest BCUT2D eigenvalue weighted by Crippen LogP contribution is 2.30. The number of amides is 2. The van der Waals surface area contributed by atoms with Crippen molar-refractivity contribution in [3.63, 3.8) is 0 Å². The molecule has 1 saturated carbocycles. The number of hydrogen-bond donors (Lipinski definition) is 1. The van der Waals surface area contributed by atoms with Crippen molar-refractivity contribution < 1.29 is 9.59 Å². The van der Waals surface area contributed by atoms with Gasteiger partial charge in [-0.15, -0.1) is 0 Å². The molecular formula is C22H34N2O2. The normalized spacial score (nSPS) is 19.8. The maximum Gasteiger partial charge on any atom is 0.225 e. The van der Waals surface area contributed by atoms with Crippen LogP contribution in [0.1, 0.15) is 63.5 Å². The SMILES string of the molecule is CCCN(CCC)C(=O)C1CCC(C(=O)NCc2ccccc2C)CC1. The van der Waals surface area contributed by atoms with Crippen LogP contribution in [0.15, 0.2) is 24.3 Å². The summed E-state index contributed by atoms with van der Waals surface area (Å²) in [5.74, 6) is 0.591. The highest BCUT2D eigenvalue weighted by molar-refractivity contribution is 5.81. The predicted octanol–water partition coefficient (Wildman–Crippen LogP) is 4.07. The Morgan fingerprint density at radius 2 is 1.58 bits per heavy atom. The average Bonchev–Trinajstić information content (AvgIpc) is 2.66. The van der Waals surface area contributed by atoms with Crippen LogP contribution >= 0.6 is 0 Å². The topological polar surface area (TPSA) is 49.4 Å². The maximum absolute atomic E-state index is 12.7. The molecule has 0 heterocycles. The molecule has 1 aliphatic rings. The fourth-order valence-corrected chi connectivity index (χ4v) is 3.87. The summed E-state index contributed by atoms with van der Waals surface area (Å²) >= 11 is 0. The van der Waals surface area contributed by atoms with E-state index < -0.39 is 0 Å². The molecule has 1 aliphatic carbocycles. The van der Waals surface area contributed by atoms with Gasteiger partial charge in [0.25, 0.3) is 0 Å². The van der Waals surface area contributed by atoms with Gasteiger partial charge in [-0.25, -0.2) is 0 Å². The molecule has 4 heteroatoms. The van der Waals surface area contributed by atoms with Crippen LogP contribution in [0, 0.1) is 18.8 Å². The zero-order valence-electron chi connectivity index (χ0n) is 16.6. The number of aryl methyl sites for hydroxylation is 1. The second kappa shape index (κ2) is 10.3. The molecule has 1 N–H and O–H groups in total. The number of nitrogens with zero attached hydrogens (tertiary/aromatic N) is 1. The molecule has 0 atom stereocenters. The van der Waals surface area contributed by atoms with E-state index in [2.05, 4.69) is 38.2 Å². The highest BCUT2D eigenvalue weighted by Gasteiger charge is 2.31. The van der Waals surface area contributed by atoms with Crippen LogP contribution in [-0.2, 0) is 16.1 Å². The van der Waals surface area contributed by atoms with Gasteiger partial charge in [0, 0.05) is 31.5 Å². The van der Waals surface area contributed by atoms with E-state index in [1.54, 1.807) is 0 Å². The standard InChI is InChI=1S/C22H34N2O2/c1-4-14-24(15-5-2)22(26)19-12-10-18(11-13-19)21(25)23-16-20-9-7-6-8-17(20)3/h6-9,18-19H,4-5,10-16H2,1-3H3,(H,23,25). The average molecular weight is 359 g/mol. The number of rotatable bonds is 8. The quantitative estimate of drug-likeness (QED) is 0.762. The second-order valence-electron chi connectivity index (χ2n) is 7.52. The zero-order valence-corrected chi connectivity index (χ0v) is 16.6. The van der Waals surface area contributed by atoms with E-state index in [-0.39, 0.29) is 17.7 Å². The smallest absolute Gasteiger partial charge is 0.225 e. The van der Waals surface area contributed by atoms with Crippen LogP contribution in [0.2, 0.25) is 0 Å².